The van der Waals surface area contributed by atoms with E-state index in [-0.39, 0.29) is 11.4 Å². The molecule has 0 saturated heterocycles. The van der Waals surface area contributed by atoms with Gasteiger partial charge in [-0.2, -0.15) is 13.2 Å². The van der Waals surface area contributed by atoms with Gasteiger partial charge in [-0.3, -0.25) is 4.79 Å². The number of ether oxygens (including phenoxy) is 2. The molecule has 7 heteroatoms. The normalized spacial score (nSPS) is 14.2. The summed E-state index contributed by atoms with van der Waals surface area (Å²) in [6.07, 6.45) is -2.44. The van der Waals surface area contributed by atoms with Gasteiger partial charge in [0.05, 0.1) is 12.7 Å². The number of hydrogen-bond donors (Lipinski definition) is 1. The van der Waals surface area contributed by atoms with Gasteiger partial charge < -0.3 is 14.8 Å². The predicted octanol–water partition coefficient (Wildman–Crippen LogP) is 4.25. The highest BCUT2D eigenvalue weighted by atomic mass is 19.4. The van der Waals surface area contributed by atoms with E-state index in [0.717, 1.165) is 26.0 Å². The lowest BCUT2D eigenvalue weighted by molar-refractivity contribution is -0.139. The maximum absolute atomic E-state index is 13.0. The molecular formula is C16H22F3NO3. The number of carbonyl (C=O) groups is 1. The molecule has 0 unspecified atom stereocenters. The molecule has 0 aromatic heterocycles. The number of anilines is 1. The number of rotatable bonds is 7. The summed E-state index contributed by atoms with van der Waals surface area (Å²) in [5.74, 6) is -0.775. The number of unbranched alkanes of at least 4 members (excludes halogenated alkanes) is 1. The zero-order chi connectivity index (χ0) is 17.7. The van der Waals surface area contributed by atoms with Gasteiger partial charge in [0.15, 0.2) is 0 Å². The number of amides is 1. The maximum atomic E-state index is 13.0. The quantitative estimate of drug-likeness (QED) is 0.811. The second kappa shape index (κ2) is 7.68. The SMILES string of the molecule is CCCC[C@](C)(OC)C(=O)Nc1ccc(OC)c(C(F)(F)F)c1. The third-order valence-corrected chi connectivity index (χ3v) is 3.70. The zero-order valence-corrected chi connectivity index (χ0v) is 13.7. The van der Waals surface area contributed by atoms with Crippen LogP contribution in [0, 0.1) is 0 Å². The van der Waals surface area contributed by atoms with Crippen molar-refractivity contribution in [3.05, 3.63) is 23.8 Å². The molecule has 23 heavy (non-hydrogen) atoms. The van der Waals surface area contributed by atoms with Crippen LogP contribution in [-0.4, -0.2) is 25.7 Å². The number of benzene rings is 1. The number of alkyl halides is 3. The monoisotopic (exact) mass is 333 g/mol. The summed E-state index contributed by atoms with van der Waals surface area (Å²) in [6, 6.07) is 3.39. The first-order valence-corrected chi connectivity index (χ1v) is 7.29. The minimum atomic E-state index is -4.57. The second-order valence-electron chi connectivity index (χ2n) is 5.41. The Balaban J connectivity index is 3.02. The Morgan fingerprint density at radius 3 is 2.39 bits per heavy atom. The topological polar surface area (TPSA) is 47.6 Å². The van der Waals surface area contributed by atoms with Gasteiger partial charge in [-0.25, -0.2) is 0 Å². The van der Waals surface area contributed by atoms with E-state index in [4.69, 9.17) is 9.47 Å². The lowest BCUT2D eigenvalue weighted by Gasteiger charge is -2.27. The van der Waals surface area contributed by atoms with E-state index in [0.29, 0.717) is 6.42 Å². The van der Waals surface area contributed by atoms with E-state index < -0.39 is 23.2 Å². The molecule has 0 spiro atoms. The number of nitrogens with one attached hydrogen (secondary N) is 1. The number of hydrogen-bond acceptors (Lipinski definition) is 3. The average Bonchev–Trinajstić information content (AvgIpc) is 2.51. The Morgan fingerprint density at radius 2 is 1.91 bits per heavy atom. The molecule has 1 aromatic rings. The fourth-order valence-electron chi connectivity index (χ4n) is 2.09. The van der Waals surface area contributed by atoms with Crippen molar-refractivity contribution in [3.8, 4) is 5.75 Å². The van der Waals surface area contributed by atoms with E-state index >= 15 is 0 Å². The third kappa shape index (κ3) is 4.86. The first kappa shape index (κ1) is 19.3. The Kier molecular flexibility index (Phi) is 6.44. The van der Waals surface area contributed by atoms with Crippen molar-refractivity contribution in [1.82, 2.24) is 0 Å². The van der Waals surface area contributed by atoms with Gasteiger partial charge >= 0.3 is 6.18 Å². The highest BCUT2D eigenvalue weighted by Crippen LogP contribution is 2.37. The molecule has 0 saturated carbocycles. The predicted molar refractivity (Wildman–Crippen MR) is 81.6 cm³/mol. The standard InChI is InChI=1S/C16H22F3NO3/c1-5-6-9-15(2,23-4)14(21)20-11-7-8-13(22-3)12(10-11)16(17,18)19/h7-8,10H,5-6,9H2,1-4H3,(H,20,21)/t15-/m0/s1. The maximum Gasteiger partial charge on any atom is 0.420 e. The molecular weight excluding hydrogens is 311 g/mol. The molecule has 0 heterocycles. The van der Waals surface area contributed by atoms with Crippen LogP contribution in [0.25, 0.3) is 0 Å². The Bertz CT molecular complexity index is 546. The summed E-state index contributed by atoms with van der Waals surface area (Å²) in [6.45, 7) is 3.60. The van der Waals surface area contributed by atoms with Crippen molar-refractivity contribution in [2.45, 2.75) is 44.9 Å². The molecule has 1 N–H and O–H groups in total. The Hall–Kier alpha value is -1.76. The molecule has 0 radical (unpaired) electrons. The first-order chi connectivity index (χ1) is 10.7. The van der Waals surface area contributed by atoms with Crippen LogP contribution in [0.4, 0.5) is 18.9 Å². The van der Waals surface area contributed by atoms with Crippen molar-refractivity contribution in [2.75, 3.05) is 19.5 Å². The van der Waals surface area contributed by atoms with Crippen LogP contribution in [0.1, 0.15) is 38.7 Å². The van der Waals surface area contributed by atoms with Crippen molar-refractivity contribution >= 4 is 11.6 Å². The molecule has 0 aliphatic rings. The summed E-state index contributed by atoms with van der Waals surface area (Å²) in [4.78, 5) is 12.3. The van der Waals surface area contributed by atoms with E-state index in [1.165, 1.54) is 19.2 Å². The molecule has 1 amide bonds. The molecule has 0 fully saturated rings. The van der Waals surface area contributed by atoms with Crippen LogP contribution in [0.2, 0.25) is 0 Å². The smallest absolute Gasteiger partial charge is 0.420 e. The van der Waals surface area contributed by atoms with Crippen molar-refractivity contribution < 1.29 is 27.4 Å². The largest absolute Gasteiger partial charge is 0.496 e. The van der Waals surface area contributed by atoms with Crippen LogP contribution in [0.15, 0.2) is 18.2 Å². The van der Waals surface area contributed by atoms with Crippen LogP contribution in [-0.2, 0) is 15.7 Å². The van der Waals surface area contributed by atoms with Crippen LogP contribution in [0.3, 0.4) is 0 Å². The lowest BCUT2D eigenvalue weighted by atomic mass is 9.97. The van der Waals surface area contributed by atoms with Gasteiger partial charge in [0.2, 0.25) is 0 Å². The minimum absolute atomic E-state index is 0.0444. The number of methoxy groups -OCH3 is 2. The molecule has 1 atom stereocenters. The molecule has 0 aliphatic carbocycles. The third-order valence-electron chi connectivity index (χ3n) is 3.70. The van der Waals surface area contributed by atoms with Gasteiger partial charge in [-0.1, -0.05) is 19.8 Å². The summed E-state index contributed by atoms with van der Waals surface area (Å²) in [5.41, 5.74) is -1.98. The van der Waals surface area contributed by atoms with Gasteiger partial charge in [0.25, 0.3) is 5.91 Å². The van der Waals surface area contributed by atoms with Crippen molar-refractivity contribution in [3.63, 3.8) is 0 Å². The molecule has 4 nitrogen and oxygen atoms in total. The highest BCUT2D eigenvalue weighted by molar-refractivity contribution is 5.97. The van der Waals surface area contributed by atoms with Crippen molar-refractivity contribution in [2.24, 2.45) is 0 Å². The summed E-state index contributed by atoms with van der Waals surface area (Å²) in [7, 11) is 2.57. The van der Waals surface area contributed by atoms with Crippen LogP contribution < -0.4 is 10.1 Å². The van der Waals surface area contributed by atoms with Crippen LogP contribution >= 0.6 is 0 Å². The molecule has 130 valence electrons. The summed E-state index contributed by atoms with van der Waals surface area (Å²) >= 11 is 0. The van der Waals surface area contributed by atoms with Gasteiger partial charge in [0, 0.05) is 12.8 Å². The van der Waals surface area contributed by atoms with E-state index in [9.17, 15) is 18.0 Å². The Morgan fingerprint density at radius 1 is 1.26 bits per heavy atom. The fraction of sp³-hybridized carbons (Fsp3) is 0.562. The van der Waals surface area contributed by atoms with E-state index in [1.54, 1.807) is 6.92 Å². The fourth-order valence-corrected chi connectivity index (χ4v) is 2.09. The second-order valence-corrected chi connectivity index (χ2v) is 5.41. The van der Waals surface area contributed by atoms with Gasteiger partial charge in [0.1, 0.15) is 11.4 Å². The summed E-state index contributed by atoms with van der Waals surface area (Å²) < 4.78 is 49.0. The van der Waals surface area contributed by atoms with E-state index in [1.807, 2.05) is 6.92 Å². The Labute approximate surface area is 134 Å². The molecule has 1 aromatic carbocycles. The zero-order valence-electron chi connectivity index (χ0n) is 13.7. The average molecular weight is 333 g/mol. The minimum Gasteiger partial charge on any atom is -0.496 e. The van der Waals surface area contributed by atoms with Gasteiger partial charge in [-0.15, -0.1) is 0 Å². The highest BCUT2D eigenvalue weighted by Gasteiger charge is 2.36. The van der Waals surface area contributed by atoms with Gasteiger partial charge in [-0.05, 0) is 31.5 Å². The number of carbonyl (C=O) groups excluding carboxylic acids is 1. The summed E-state index contributed by atoms with van der Waals surface area (Å²) in [5, 5.41) is 2.49. The molecule has 0 aliphatic heterocycles. The number of halogens is 3. The molecule has 0 bridgehead atoms. The lowest BCUT2D eigenvalue weighted by Crippen LogP contribution is -2.42. The van der Waals surface area contributed by atoms with E-state index in [2.05, 4.69) is 5.32 Å². The van der Waals surface area contributed by atoms with Crippen LogP contribution in [0.5, 0.6) is 5.75 Å². The molecule has 1 rings (SSSR count). The van der Waals surface area contributed by atoms with Crippen molar-refractivity contribution in [1.29, 1.82) is 0 Å². The first-order valence-electron chi connectivity index (χ1n) is 7.29.